The number of fused-ring (bicyclic) bond motifs is 2. The van der Waals surface area contributed by atoms with Gasteiger partial charge in [0.1, 0.15) is 11.5 Å². The number of nitrogens with two attached hydrogens (primary N) is 1. The number of benzene rings is 3. The van der Waals surface area contributed by atoms with Gasteiger partial charge in [0, 0.05) is 17.0 Å². The van der Waals surface area contributed by atoms with Crippen molar-refractivity contribution in [3.8, 4) is 11.5 Å². The number of hydrogen-bond donors (Lipinski definition) is 1. The average Bonchev–Trinajstić information content (AvgIpc) is 2.59. The lowest BCUT2D eigenvalue weighted by atomic mass is 10.1. The summed E-state index contributed by atoms with van der Waals surface area (Å²) in [7, 11) is -4.15. The smallest absolute Gasteiger partial charge is 0.409 e. The van der Waals surface area contributed by atoms with Crippen molar-refractivity contribution in [1.29, 1.82) is 0 Å². The van der Waals surface area contributed by atoms with Crippen molar-refractivity contribution >= 4 is 32.9 Å². The fourth-order valence-electron chi connectivity index (χ4n) is 2.96. The van der Waals surface area contributed by atoms with E-state index in [1.165, 1.54) is 17.0 Å². The lowest BCUT2D eigenvalue weighted by molar-refractivity contribution is 0.203. The maximum atomic E-state index is 12.5. The molecule has 8 heteroatoms. The van der Waals surface area contributed by atoms with Gasteiger partial charge in [0.2, 0.25) is 0 Å². The Hall–Kier alpha value is -3.10. The van der Waals surface area contributed by atoms with Gasteiger partial charge in [-0.25, -0.2) is 4.79 Å². The van der Waals surface area contributed by atoms with Crippen molar-refractivity contribution in [1.82, 2.24) is 0 Å². The summed E-state index contributed by atoms with van der Waals surface area (Å²) in [6.07, 6.45) is -0.554. The quantitative estimate of drug-likeness (QED) is 0.764. The SMILES string of the molecule is NS(=O)(=O)Oc1ccc2c(c1)OC(=O)N(c1cccc3ccccc13)C2. The molecule has 1 aliphatic heterocycles. The van der Waals surface area contributed by atoms with Crippen LogP contribution in [-0.2, 0) is 16.8 Å². The van der Waals surface area contributed by atoms with E-state index in [2.05, 4.69) is 4.18 Å². The van der Waals surface area contributed by atoms with Crippen molar-refractivity contribution in [2.24, 2.45) is 5.14 Å². The van der Waals surface area contributed by atoms with Crippen LogP contribution < -0.4 is 19.0 Å². The molecule has 7 nitrogen and oxygen atoms in total. The molecule has 1 aliphatic rings. The van der Waals surface area contributed by atoms with Gasteiger partial charge in [-0.15, -0.1) is 0 Å². The Balaban J connectivity index is 1.71. The highest BCUT2D eigenvalue weighted by Gasteiger charge is 2.28. The standard InChI is InChI=1S/C18H14N2O5S/c19-26(22,23)25-14-9-8-13-11-20(18(21)24-17(13)10-14)16-7-3-5-12-4-1-2-6-15(12)16/h1-10H,11H2,(H2,19,22,23). The normalized spacial score (nSPS) is 14.0. The molecule has 1 amide bonds. The summed E-state index contributed by atoms with van der Waals surface area (Å²) in [6, 6.07) is 17.9. The molecule has 0 fully saturated rings. The predicted molar refractivity (Wildman–Crippen MR) is 96.3 cm³/mol. The van der Waals surface area contributed by atoms with E-state index in [4.69, 9.17) is 9.88 Å². The first-order valence-electron chi connectivity index (χ1n) is 7.73. The Bertz CT molecular complexity index is 1120. The Morgan fingerprint density at radius 3 is 2.62 bits per heavy atom. The summed E-state index contributed by atoms with van der Waals surface area (Å²) in [5.74, 6) is 0.227. The summed E-state index contributed by atoms with van der Waals surface area (Å²) in [5, 5.41) is 6.80. The molecule has 2 N–H and O–H groups in total. The minimum atomic E-state index is -4.15. The molecule has 0 unspecified atom stereocenters. The Labute approximate surface area is 149 Å². The molecule has 0 spiro atoms. The Morgan fingerprint density at radius 2 is 1.81 bits per heavy atom. The minimum Gasteiger partial charge on any atom is -0.409 e. The van der Waals surface area contributed by atoms with Gasteiger partial charge in [-0.2, -0.15) is 13.6 Å². The molecule has 3 aromatic rings. The molecule has 26 heavy (non-hydrogen) atoms. The van der Waals surface area contributed by atoms with E-state index in [9.17, 15) is 13.2 Å². The van der Waals surface area contributed by atoms with Crippen LogP contribution in [0.5, 0.6) is 11.5 Å². The zero-order chi connectivity index (χ0) is 18.3. The van der Waals surface area contributed by atoms with Crippen LogP contribution in [0.4, 0.5) is 10.5 Å². The van der Waals surface area contributed by atoms with Gasteiger partial charge in [-0.05, 0) is 23.6 Å². The Kier molecular flexibility index (Phi) is 3.78. The van der Waals surface area contributed by atoms with Crippen molar-refractivity contribution < 1.29 is 22.1 Å². The summed E-state index contributed by atoms with van der Waals surface area (Å²) in [6.45, 7) is 0.290. The fraction of sp³-hybridized carbons (Fsp3) is 0.0556. The fourth-order valence-corrected chi connectivity index (χ4v) is 3.33. The van der Waals surface area contributed by atoms with Crippen LogP contribution >= 0.6 is 0 Å². The zero-order valence-electron chi connectivity index (χ0n) is 13.5. The van der Waals surface area contributed by atoms with Gasteiger partial charge in [0.25, 0.3) is 0 Å². The lowest BCUT2D eigenvalue weighted by Gasteiger charge is -2.29. The second kappa shape index (κ2) is 6.01. The molecule has 0 aromatic heterocycles. The number of nitrogens with zero attached hydrogens (tertiary/aromatic N) is 1. The number of hydrogen-bond acceptors (Lipinski definition) is 5. The van der Waals surface area contributed by atoms with Crippen LogP contribution in [0.3, 0.4) is 0 Å². The molecule has 0 saturated heterocycles. The molecular formula is C18H14N2O5S. The van der Waals surface area contributed by atoms with E-state index in [1.54, 1.807) is 6.07 Å². The molecule has 0 saturated carbocycles. The average molecular weight is 370 g/mol. The van der Waals surface area contributed by atoms with Crippen LogP contribution in [0.1, 0.15) is 5.56 Å². The lowest BCUT2D eigenvalue weighted by Crippen LogP contribution is -2.37. The molecule has 132 valence electrons. The van der Waals surface area contributed by atoms with Crippen LogP contribution in [-0.4, -0.2) is 14.5 Å². The highest BCUT2D eigenvalue weighted by atomic mass is 32.2. The largest absolute Gasteiger partial charge is 0.420 e. The Morgan fingerprint density at radius 1 is 1.04 bits per heavy atom. The molecule has 0 atom stereocenters. The van der Waals surface area contributed by atoms with Gasteiger partial charge in [-0.1, -0.05) is 36.4 Å². The molecular weight excluding hydrogens is 356 g/mol. The molecule has 0 bridgehead atoms. The van der Waals surface area contributed by atoms with Crippen LogP contribution in [0.15, 0.2) is 60.7 Å². The van der Waals surface area contributed by atoms with Gasteiger partial charge in [-0.3, -0.25) is 4.90 Å². The first kappa shape index (κ1) is 16.4. The summed E-state index contributed by atoms with van der Waals surface area (Å²) >= 11 is 0. The number of carbonyl (C=O) groups excluding carboxylic acids is 1. The molecule has 0 radical (unpaired) electrons. The summed E-state index contributed by atoms with van der Waals surface area (Å²) < 4.78 is 32.1. The summed E-state index contributed by atoms with van der Waals surface area (Å²) in [5.41, 5.74) is 1.46. The third kappa shape index (κ3) is 3.07. The molecule has 1 heterocycles. The van der Waals surface area contributed by atoms with Gasteiger partial charge in [0.15, 0.2) is 0 Å². The highest BCUT2D eigenvalue weighted by Crippen LogP contribution is 2.35. The molecule has 3 aromatic carbocycles. The van der Waals surface area contributed by atoms with Crippen LogP contribution in [0.2, 0.25) is 0 Å². The second-order valence-electron chi connectivity index (χ2n) is 5.80. The van der Waals surface area contributed by atoms with Crippen LogP contribution in [0, 0.1) is 0 Å². The van der Waals surface area contributed by atoms with Crippen molar-refractivity contribution in [3.63, 3.8) is 0 Å². The van der Waals surface area contributed by atoms with Crippen molar-refractivity contribution in [2.75, 3.05) is 4.90 Å². The molecule has 0 aliphatic carbocycles. The van der Waals surface area contributed by atoms with E-state index in [-0.39, 0.29) is 18.0 Å². The van der Waals surface area contributed by atoms with Gasteiger partial charge < -0.3 is 8.92 Å². The third-order valence-electron chi connectivity index (χ3n) is 4.05. The maximum absolute atomic E-state index is 12.5. The van der Waals surface area contributed by atoms with Gasteiger partial charge >= 0.3 is 16.4 Å². The van der Waals surface area contributed by atoms with E-state index in [0.717, 1.165) is 22.0 Å². The number of ether oxygens (including phenoxy) is 1. The van der Waals surface area contributed by atoms with E-state index < -0.39 is 16.4 Å². The van der Waals surface area contributed by atoms with Crippen molar-refractivity contribution in [2.45, 2.75) is 6.54 Å². The predicted octanol–water partition coefficient (Wildman–Crippen LogP) is 2.94. The van der Waals surface area contributed by atoms with Crippen molar-refractivity contribution in [3.05, 3.63) is 66.2 Å². The topological polar surface area (TPSA) is 98.9 Å². The van der Waals surface area contributed by atoms with E-state index in [0.29, 0.717) is 0 Å². The van der Waals surface area contributed by atoms with Gasteiger partial charge in [0.05, 0.1) is 12.2 Å². The van der Waals surface area contributed by atoms with E-state index >= 15 is 0 Å². The first-order chi connectivity index (χ1) is 12.4. The number of carbonyl (C=O) groups is 1. The van der Waals surface area contributed by atoms with E-state index in [1.807, 2.05) is 42.5 Å². The highest BCUT2D eigenvalue weighted by molar-refractivity contribution is 7.84. The summed E-state index contributed by atoms with van der Waals surface area (Å²) in [4.78, 5) is 14.1. The maximum Gasteiger partial charge on any atom is 0.420 e. The third-order valence-corrected chi connectivity index (χ3v) is 4.48. The number of anilines is 1. The monoisotopic (exact) mass is 370 g/mol. The first-order valence-corrected chi connectivity index (χ1v) is 9.20. The second-order valence-corrected chi connectivity index (χ2v) is 6.95. The number of amides is 1. The molecule has 4 rings (SSSR count). The van der Waals surface area contributed by atoms with Crippen LogP contribution in [0.25, 0.3) is 10.8 Å². The zero-order valence-corrected chi connectivity index (χ0v) is 14.3. The minimum absolute atomic E-state index is 0.0161. The number of rotatable bonds is 3.